The van der Waals surface area contributed by atoms with Crippen molar-refractivity contribution in [2.45, 2.75) is 19.8 Å². The van der Waals surface area contributed by atoms with E-state index in [0.717, 1.165) is 0 Å². The summed E-state index contributed by atoms with van der Waals surface area (Å²) in [5.41, 5.74) is 2.17. The average molecular weight is 572 g/mol. The molecule has 206 valence electrons. The maximum absolute atomic E-state index is 13.4. The average Bonchev–Trinajstić information content (AvgIpc) is 3.43. The molecule has 1 aliphatic rings. The quantitative estimate of drug-likeness (QED) is 0.293. The number of aryl methyl sites for hydroxylation is 1. The predicted molar refractivity (Wildman–Crippen MR) is 136 cm³/mol. The summed E-state index contributed by atoms with van der Waals surface area (Å²) in [6.45, 7) is 1.67. The highest BCUT2D eigenvalue weighted by molar-refractivity contribution is 6.31. The zero-order chi connectivity index (χ0) is 28.6. The Morgan fingerprint density at radius 2 is 1.88 bits per heavy atom. The number of benzene rings is 2. The van der Waals surface area contributed by atoms with Crippen molar-refractivity contribution in [3.8, 4) is 23.1 Å². The first-order valence-corrected chi connectivity index (χ1v) is 12.0. The van der Waals surface area contributed by atoms with Crippen LogP contribution in [0.1, 0.15) is 32.2 Å². The summed E-state index contributed by atoms with van der Waals surface area (Å²) in [5, 5.41) is 4.83. The molecular weight excluding hydrogens is 552 g/mol. The molecule has 0 atom stereocenters. The molecule has 0 saturated heterocycles. The lowest BCUT2D eigenvalue weighted by atomic mass is 10.1. The first-order chi connectivity index (χ1) is 19.1. The molecule has 0 spiro atoms. The van der Waals surface area contributed by atoms with Crippen LogP contribution in [0.15, 0.2) is 54.9 Å². The van der Waals surface area contributed by atoms with E-state index in [-0.39, 0.29) is 29.7 Å². The summed E-state index contributed by atoms with van der Waals surface area (Å²) in [6.07, 6.45) is -1.26. The Hall–Kier alpha value is -4.78. The van der Waals surface area contributed by atoms with Gasteiger partial charge in [-0.25, -0.2) is 19.4 Å². The Balaban J connectivity index is 1.36. The van der Waals surface area contributed by atoms with Gasteiger partial charge >= 0.3 is 12.3 Å². The molecule has 0 radical (unpaired) electrons. The van der Waals surface area contributed by atoms with Crippen molar-refractivity contribution in [2.24, 2.45) is 0 Å². The van der Waals surface area contributed by atoms with Crippen LogP contribution in [0.5, 0.6) is 17.4 Å². The van der Waals surface area contributed by atoms with E-state index < -0.39 is 18.2 Å². The Bertz CT molecular complexity index is 1610. The highest BCUT2D eigenvalue weighted by Crippen LogP contribution is 2.42. The number of ether oxygens (including phenoxy) is 4. The van der Waals surface area contributed by atoms with Gasteiger partial charge in [0.05, 0.1) is 35.9 Å². The summed E-state index contributed by atoms with van der Waals surface area (Å²) in [5.74, 6) is -1.20. The SMILES string of the molecule is COC(=O)c1cnc(OCc2c(Cl)c(C)nn2-c2cccc(C(=O)N(C)c3ccc4c(c3)OC(F)(F)O4)c2)cn1. The number of rotatable bonds is 7. The fraction of sp³-hybridized carbons (Fsp3) is 0.192. The van der Waals surface area contributed by atoms with E-state index in [0.29, 0.717) is 33.3 Å². The van der Waals surface area contributed by atoms with Crippen molar-refractivity contribution < 1.29 is 37.3 Å². The van der Waals surface area contributed by atoms with Gasteiger partial charge in [0.2, 0.25) is 5.88 Å². The monoisotopic (exact) mass is 571 g/mol. The second-order valence-electron chi connectivity index (χ2n) is 8.49. The van der Waals surface area contributed by atoms with Crippen molar-refractivity contribution in [1.29, 1.82) is 0 Å². The van der Waals surface area contributed by atoms with Gasteiger partial charge in [-0.2, -0.15) is 5.10 Å². The van der Waals surface area contributed by atoms with Crippen LogP contribution in [0.25, 0.3) is 5.69 Å². The molecule has 0 bridgehead atoms. The molecule has 40 heavy (non-hydrogen) atoms. The van der Waals surface area contributed by atoms with E-state index in [1.165, 1.54) is 54.3 Å². The number of fused-ring (bicyclic) bond motifs is 1. The number of anilines is 1. The molecule has 0 N–H and O–H groups in total. The maximum Gasteiger partial charge on any atom is 0.586 e. The number of esters is 1. The number of halogens is 3. The van der Waals surface area contributed by atoms with Gasteiger partial charge in [0.25, 0.3) is 5.91 Å². The minimum absolute atomic E-state index is 0.0268. The lowest BCUT2D eigenvalue weighted by Crippen LogP contribution is -2.26. The first-order valence-electron chi connectivity index (χ1n) is 11.6. The van der Waals surface area contributed by atoms with Crippen LogP contribution in [0.3, 0.4) is 0 Å². The predicted octanol–water partition coefficient (Wildman–Crippen LogP) is 4.59. The number of carbonyl (C=O) groups excluding carboxylic acids is 2. The third kappa shape index (κ3) is 5.23. The minimum atomic E-state index is -3.76. The molecule has 3 heterocycles. The number of methoxy groups -OCH3 is 1. The molecule has 5 rings (SSSR count). The molecule has 2 aromatic carbocycles. The van der Waals surface area contributed by atoms with Gasteiger partial charge in [0.1, 0.15) is 12.3 Å². The molecule has 1 aliphatic heterocycles. The normalized spacial score (nSPS) is 13.2. The van der Waals surface area contributed by atoms with Crippen molar-refractivity contribution in [3.05, 3.63) is 82.5 Å². The van der Waals surface area contributed by atoms with Crippen LogP contribution in [-0.4, -0.2) is 52.1 Å². The molecule has 14 heteroatoms. The largest absolute Gasteiger partial charge is 0.586 e. The molecule has 2 aromatic heterocycles. The summed E-state index contributed by atoms with van der Waals surface area (Å²) in [4.78, 5) is 34.2. The fourth-order valence-electron chi connectivity index (χ4n) is 3.87. The molecule has 0 unspecified atom stereocenters. The number of carbonyl (C=O) groups is 2. The smallest absolute Gasteiger partial charge is 0.470 e. The number of hydrogen-bond acceptors (Lipinski definition) is 9. The van der Waals surface area contributed by atoms with Crippen LogP contribution in [-0.2, 0) is 11.3 Å². The standard InChI is InChI=1S/C26H20ClF2N5O6/c1-14-23(27)19(13-38-22-12-30-18(11-31-22)25(36)37-3)34(32-14)17-6-4-5-15(9-17)24(35)33(2)16-7-8-20-21(10-16)40-26(28,29)39-20/h4-12H,13H2,1-3H3. The van der Waals surface area contributed by atoms with Crippen molar-refractivity contribution in [1.82, 2.24) is 19.7 Å². The second kappa shape index (κ2) is 10.4. The van der Waals surface area contributed by atoms with Gasteiger partial charge in [-0.05, 0) is 37.3 Å². The highest BCUT2D eigenvalue weighted by Gasteiger charge is 2.43. The second-order valence-corrected chi connectivity index (χ2v) is 8.87. The maximum atomic E-state index is 13.4. The van der Waals surface area contributed by atoms with Gasteiger partial charge < -0.3 is 23.8 Å². The zero-order valence-electron chi connectivity index (χ0n) is 21.2. The molecule has 0 fully saturated rings. The first kappa shape index (κ1) is 26.8. The van der Waals surface area contributed by atoms with Gasteiger partial charge in [-0.15, -0.1) is 8.78 Å². The Morgan fingerprint density at radius 1 is 1.10 bits per heavy atom. The lowest BCUT2D eigenvalue weighted by Gasteiger charge is -2.18. The minimum Gasteiger partial charge on any atom is -0.470 e. The van der Waals surface area contributed by atoms with Crippen molar-refractivity contribution >= 4 is 29.2 Å². The van der Waals surface area contributed by atoms with Crippen LogP contribution in [0, 0.1) is 6.92 Å². The Kier molecular flexibility index (Phi) is 6.98. The number of nitrogens with zero attached hydrogens (tertiary/aromatic N) is 5. The zero-order valence-corrected chi connectivity index (χ0v) is 22.0. The van der Waals surface area contributed by atoms with Crippen LogP contribution in [0.2, 0.25) is 5.02 Å². The van der Waals surface area contributed by atoms with E-state index in [9.17, 15) is 18.4 Å². The third-order valence-corrected chi connectivity index (χ3v) is 6.36. The van der Waals surface area contributed by atoms with Gasteiger partial charge in [0, 0.05) is 24.4 Å². The highest BCUT2D eigenvalue weighted by atomic mass is 35.5. The summed E-state index contributed by atoms with van der Waals surface area (Å²) in [7, 11) is 2.74. The van der Waals surface area contributed by atoms with Gasteiger partial charge in [0.15, 0.2) is 17.2 Å². The van der Waals surface area contributed by atoms with Crippen LogP contribution < -0.4 is 19.1 Å². The Labute approximate surface area is 230 Å². The molecule has 11 nitrogen and oxygen atoms in total. The number of amides is 1. The number of aromatic nitrogens is 4. The number of hydrogen-bond donors (Lipinski definition) is 0. The van der Waals surface area contributed by atoms with Crippen molar-refractivity contribution in [3.63, 3.8) is 0 Å². The molecule has 1 amide bonds. The topological polar surface area (TPSA) is 118 Å². The van der Waals surface area contributed by atoms with Gasteiger partial charge in [-0.3, -0.25) is 4.79 Å². The summed E-state index contributed by atoms with van der Waals surface area (Å²) < 4.78 is 47.6. The third-order valence-electron chi connectivity index (χ3n) is 5.87. The van der Waals surface area contributed by atoms with Gasteiger partial charge in [-0.1, -0.05) is 17.7 Å². The van der Waals surface area contributed by atoms with E-state index >= 15 is 0 Å². The van der Waals surface area contributed by atoms with E-state index in [1.54, 1.807) is 31.2 Å². The van der Waals surface area contributed by atoms with Crippen LogP contribution in [0.4, 0.5) is 14.5 Å². The summed E-state index contributed by atoms with van der Waals surface area (Å²) in [6, 6.07) is 10.7. The van der Waals surface area contributed by atoms with E-state index in [2.05, 4.69) is 29.3 Å². The lowest BCUT2D eigenvalue weighted by molar-refractivity contribution is -0.286. The summed E-state index contributed by atoms with van der Waals surface area (Å²) >= 11 is 6.50. The fourth-order valence-corrected chi connectivity index (χ4v) is 4.04. The Morgan fingerprint density at radius 3 is 2.60 bits per heavy atom. The van der Waals surface area contributed by atoms with E-state index in [1.807, 2.05) is 0 Å². The molecular formula is C26H20ClF2N5O6. The van der Waals surface area contributed by atoms with E-state index in [4.69, 9.17) is 16.3 Å². The van der Waals surface area contributed by atoms with Crippen LogP contribution >= 0.6 is 11.6 Å². The number of alkyl halides is 2. The molecule has 0 aliphatic carbocycles. The van der Waals surface area contributed by atoms with Crippen molar-refractivity contribution in [2.75, 3.05) is 19.1 Å². The molecule has 0 saturated carbocycles. The molecule has 4 aromatic rings.